The van der Waals surface area contributed by atoms with E-state index >= 15 is 0 Å². The summed E-state index contributed by atoms with van der Waals surface area (Å²) in [6.45, 7) is 4.87. The molecule has 84 valence electrons. The summed E-state index contributed by atoms with van der Waals surface area (Å²) in [7, 11) is -1.96. The Kier molecular flexibility index (Phi) is 3.06. The first-order chi connectivity index (χ1) is 6.86. The first-order valence-electron chi connectivity index (χ1n) is 4.45. The quantitative estimate of drug-likeness (QED) is 0.724. The third kappa shape index (κ3) is 1.98. The van der Waals surface area contributed by atoms with Gasteiger partial charge in [0.25, 0.3) is 0 Å². The Hall–Kier alpha value is -1.07. The van der Waals surface area contributed by atoms with Crippen LogP contribution >= 0.6 is 0 Å². The summed E-state index contributed by atoms with van der Waals surface area (Å²) >= 11 is 0. The minimum absolute atomic E-state index is 0.386. The summed E-state index contributed by atoms with van der Waals surface area (Å²) in [5, 5.41) is 0.942. The summed E-state index contributed by atoms with van der Waals surface area (Å²) in [5.74, 6) is 0.449. The summed E-state index contributed by atoms with van der Waals surface area (Å²) in [5.41, 5.74) is 5.69. The molecule has 2 atom stereocenters. The second kappa shape index (κ2) is 3.83. The van der Waals surface area contributed by atoms with Crippen molar-refractivity contribution < 1.29 is 13.2 Å². The molecule has 0 aliphatic heterocycles. The molecule has 0 saturated carbocycles. The lowest BCUT2D eigenvalue weighted by Gasteiger charge is -2.27. The van der Waals surface area contributed by atoms with Gasteiger partial charge < -0.3 is 10.5 Å². The first-order valence-corrected chi connectivity index (χ1v) is 5.99. The molecule has 2 unspecified atom stereocenters. The zero-order valence-electron chi connectivity index (χ0n) is 8.80. The van der Waals surface area contributed by atoms with Gasteiger partial charge in [0.05, 0.1) is 13.2 Å². The number of rotatable bonds is 3. The number of hydrogen-bond donors (Lipinski definition) is 1. The van der Waals surface area contributed by atoms with Crippen LogP contribution in [0.3, 0.4) is 0 Å². The summed E-state index contributed by atoms with van der Waals surface area (Å²) < 4.78 is 27.4. The molecule has 0 aromatic rings. The maximum Gasteiger partial charge on any atom is 0.183 e. The molecular formula is C10H15NO3S. The number of sulfone groups is 1. The molecular weight excluding hydrogens is 214 g/mol. The van der Waals surface area contributed by atoms with Crippen molar-refractivity contribution in [2.45, 2.75) is 17.7 Å². The Bertz CT molecular complexity index is 422. The minimum Gasteiger partial charge on any atom is -0.499 e. The molecule has 1 rings (SSSR count). The first kappa shape index (κ1) is 12.0. The van der Waals surface area contributed by atoms with Gasteiger partial charge in [-0.2, -0.15) is 0 Å². The van der Waals surface area contributed by atoms with Gasteiger partial charge in [-0.05, 0) is 13.0 Å². The maximum atomic E-state index is 11.7. The Balaban J connectivity index is 3.24. The largest absolute Gasteiger partial charge is 0.499 e. The second-order valence-electron chi connectivity index (χ2n) is 3.53. The molecule has 0 heterocycles. The number of methoxy groups -OCH3 is 1. The average molecular weight is 229 g/mol. The molecule has 0 aromatic heterocycles. The highest BCUT2D eigenvalue weighted by Gasteiger charge is 2.36. The van der Waals surface area contributed by atoms with Crippen molar-refractivity contribution in [1.29, 1.82) is 0 Å². The Morgan fingerprint density at radius 1 is 1.67 bits per heavy atom. The molecule has 0 fully saturated rings. The lowest BCUT2D eigenvalue weighted by atomic mass is 10.0. The van der Waals surface area contributed by atoms with E-state index in [4.69, 9.17) is 10.5 Å². The van der Waals surface area contributed by atoms with Crippen molar-refractivity contribution in [2.24, 2.45) is 5.73 Å². The standard InChI is InChI=1S/C10H15NO3S/c1-4-15(12,13)10(2)6-5-8(11)9(7-10)14-3/h4-8H,1,11H2,2-3H3. The molecule has 0 spiro atoms. The van der Waals surface area contributed by atoms with E-state index in [0.717, 1.165) is 5.41 Å². The second-order valence-corrected chi connectivity index (χ2v) is 5.83. The van der Waals surface area contributed by atoms with Crippen LogP contribution in [0.4, 0.5) is 0 Å². The van der Waals surface area contributed by atoms with Crippen molar-refractivity contribution in [2.75, 3.05) is 7.11 Å². The van der Waals surface area contributed by atoms with Crippen molar-refractivity contribution in [1.82, 2.24) is 0 Å². The average Bonchev–Trinajstić information content (AvgIpc) is 2.21. The van der Waals surface area contributed by atoms with Gasteiger partial charge in [0, 0.05) is 5.41 Å². The van der Waals surface area contributed by atoms with E-state index in [0.29, 0.717) is 5.76 Å². The molecule has 0 aromatic carbocycles. The fourth-order valence-electron chi connectivity index (χ4n) is 1.37. The minimum atomic E-state index is -3.42. The summed E-state index contributed by atoms with van der Waals surface area (Å²) in [4.78, 5) is 0. The predicted octanol–water partition coefficient (Wildman–Crippen LogP) is 0.731. The van der Waals surface area contributed by atoms with Crippen LogP contribution in [0.15, 0.2) is 36.0 Å². The van der Waals surface area contributed by atoms with Crippen LogP contribution in [0.25, 0.3) is 0 Å². The smallest absolute Gasteiger partial charge is 0.183 e. The predicted molar refractivity (Wildman–Crippen MR) is 59.7 cm³/mol. The van der Waals surface area contributed by atoms with Gasteiger partial charge in [0.2, 0.25) is 0 Å². The molecule has 5 heteroatoms. The van der Waals surface area contributed by atoms with Crippen molar-refractivity contribution in [3.05, 3.63) is 36.0 Å². The van der Waals surface area contributed by atoms with Gasteiger partial charge in [-0.3, -0.25) is 0 Å². The third-order valence-corrected chi connectivity index (χ3v) is 4.38. The van der Waals surface area contributed by atoms with Crippen molar-refractivity contribution >= 4 is 9.84 Å². The van der Waals surface area contributed by atoms with E-state index < -0.39 is 14.6 Å². The monoisotopic (exact) mass is 229 g/mol. The zero-order valence-corrected chi connectivity index (χ0v) is 9.62. The lowest BCUT2D eigenvalue weighted by molar-refractivity contribution is 0.270. The number of ether oxygens (including phenoxy) is 1. The molecule has 4 nitrogen and oxygen atoms in total. The van der Waals surface area contributed by atoms with Gasteiger partial charge in [-0.1, -0.05) is 18.7 Å². The van der Waals surface area contributed by atoms with E-state index in [2.05, 4.69) is 6.58 Å². The van der Waals surface area contributed by atoms with Gasteiger partial charge >= 0.3 is 0 Å². The summed E-state index contributed by atoms with van der Waals surface area (Å²) in [6, 6.07) is -0.386. The molecule has 0 bridgehead atoms. The fourth-order valence-corrected chi connectivity index (χ4v) is 2.28. The highest BCUT2D eigenvalue weighted by molar-refractivity contribution is 7.95. The van der Waals surface area contributed by atoms with E-state index in [9.17, 15) is 8.42 Å². The maximum absolute atomic E-state index is 11.7. The molecule has 0 radical (unpaired) electrons. The normalized spacial score (nSPS) is 30.9. The van der Waals surface area contributed by atoms with Crippen LogP contribution in [-0.4, -0.2) is 26.3 Å². The lowest BCUT2D eigenvalue weighted by Crippen LogP contribution is -2.36. The highest BCUT2D eigenvalue weighted by atomic mass is 32.2. The van der Waals surface area contributed by atoms with Gasteiger partial charge in [0.15, 0.2) is 9.84 Å². The van der Waals surface area contributed by atoms with Gasteiger partial charge in [-0.15, -0.1) is 0 Å². The Labute approximate surface area is 90.0 Å². The third-order valence-electron chi connectivity index (χ3n) is 2.46. The van der Waals surface area contributed by atoms with Crippen molar-refractivity contribution in [3.8, 4) is 0 Å². The molecule has 0 amide bonds. The molecule has 2 N–H and O–H groups in total. The highest BCUT2D eigenvalue weighted by Crippen LogP contribution is 2.28. The van der Waals surface area contributed by atoms with Crippen LogP contribution in [0.1, 0.15) is 6.92 Å². The van der Waals surface area contributed by atoms with Gasteiger partial charge in [0.1, 0.15) is 10.5 Å². The van der Waals surface area contributed by atoms with E-state index in [1.54, 1.807) is 19.1 Å². The molecule has 1 aliphatic carbocycles. The topological polar surface area (TPSA) is 69.4 Å². The molecule has 0 saturated heterocycles. The van der Waals surface area contributed by atoms with Crippen molar-refractivity contribution in [3.63, 3.8) is 0 Å². The number of nitrogens with two attached hydrogens (primary N) is 1. The molecule has 15 heavy (non-hydrogen) atoms. The number of hydrogen-bond acceptors (Lipinski definition) is 4. The Morgan fingerprint density at radius 3 is 2.73 bits per heavy atom. The Morgan fingerprint density at radius 2 is 2.27 bits per heavy atom. The van der Waals surface area contributed by atoms with Crippen LogP contribution in [0.5, 0.6) is 0 Å². The van der Waals surface area contributed by atoms with Crippen LogP contribution in [0.2, 0.25) is 0 Å². The zero-order chi connectivity index (χ0) is 11.7. The molecule has 1 aliphatic rings. The van der Waals surface area contributed by atoms with E-state index in [-0.39, 0.29) is 6.04 Å². The van der Waals surface area contributed by atoms with Gasteiger partial charge in [-0.25, -0.2) is 8.42 Å². The SMILES string of the molecule is C=CS(=O)(=O)C1(C)C=CC(N)C(OC)=C1. The van der Waals surface area contributed by atoms with E-state index in [1.807, 2.05) is 0 Å². The van der Waals surface area contributed by atoms with Crippen LogP contribution in [0, 0.1) is 0 Å². The summed E-state index contributed by atoms with van der Waals surface area (Å²) in [6.07, 6.45) is 4.67. The fraction of sp³-hybridized carbons (Fsp3) is 0.400. The van der Waals surface area contributed by atoms with Crippen LogP contribution < -0.4 is 5.73 Å². The van der Waals surface area contributed by atoms with E-state index in [1.165, 1.54) is 13.2 Å². The van der Waals surface area contributed by atoms with Crippen LogP contribution in [-0.2, 0) is 14.6 Å².